The summed E-state index contributed by atoms with van der Waals surface area (Å²) in [6, 6.07) is 7.21. The standard InChI is InChI=1S/C16H22ClN5O.HI/c1-18-16(21(2)10-12-8-20-22(3)11-12)19-9-15(23)13-5-4-6-14(17)7-13;/h4-8,11,15,23H,9-10H2,1-3H3,(H,18,19);1H. The lowest BCUT2D eigenvalue weighted by molar-refractivity contribution is 0.179. The number of hydrogen-bond donors (Lipinski definition) is 2. The van der Waals surface area contributed by atoms with Crippen LogP contribution in [0.3, 0.4) is 0 Å². The Morgan fingerprint density at radius 2 is 2.25 bits per heavy atom. The molecule has 0 spiro atoms. The number of aromatic nitrogens is 2. The van der Waals surface area contributed by atoms with Crippen molar-refractivity contribution >= 4 is 41.5 Å². The highest BCUT2D eigenvalue weighted by molar-refractivity contribution is 14.0. The summed E-state index contributed by atoms with van der Waals surface area (Å²) in [6.45, 7) is 1.03. The van der Waals surface area contributed by atoms with Crippen LogP contribution in [-0.2, 0) is 13.6 Å². The minimum absolute atomic E-state index is 0. The molecule has 132 valence electrons. The first-order valence-electron chi connectivity index (χ1n) is 7.32. The predicted molar refractivity (Wildman–Crippen MR) is 108 cm³/mol. The Labute approximate surface area is 164 Å². The molecule has 24 heavy (non-hydrogen) atoms. The average molecular weight is 464 g/mol. The zero-order valence-corrected chi connectivity index (χ0v) is 17.1. The molecule has 1 unspecified atom stereocenters. The SMILES string of the molecule is CN=C(NCC(O)c1cccc(Cl)c1)N(C)Cc1cnn(C)c1.I. The van der Waals surface area contributed by atoms with E-state index >= 15 is 0 Å². The fourth-order valence-corrected chi connectivity index (χ4v) is 2.51. The molecule has 1 heterocycles. The van der Waals surface area contributed by atoms with E-state index in [1.54, 1.807) is 23.9 Å². The maximum Gasteiger partial charge on any atom is 0.193 e. The largest absolute Gasteiger partial charge is 0.387 e. The molecule has 0 saturated heterocycles. The smallest absolute Gasteiger partial charge is 0.193 e. The van der Waals surface area contributed by atoms with Gasteiger partial charge in [-0.1, -0.05) is 23.7 Å². The van der Waals surface area contributed by atoms with E-state index in [9.17, 15) is 5.11 Å². The van der Waals surface area contributed by atoms with Crippen molar-refractivity contribution in [3.05, 3.63) is 52.8 Å². The van der Waals surface area contributed by atoms with E-state index in [0.717, 1.165) is 11.1 Å². The van der Waals surface area contributed by atoms with Crippen LogP contribution in [0.25, 0.3) is 0 Å². The molecule has 0 aliphatic heterocycles. The lowest BCUT2D eigenvalue weighted by Gasteiger charge is -2.23. The molecule has 2 N–H and O–H groups in total. The molecule has 8 heteroatoms. The summed E-state index contributed by atoms with van der Waals surface area (Å²) in [5.74, 6) is 0.704. The summed E-state index contributed by atoms with van der Waals surface area (Å²) in [5.41, 5.74) is 1.86. The molecule has 0 bridgehead atoms. The second-order valence-electron chi connectivity index (χ2n) is 5.38. The van der Waals surface area contributed by atoms with Gasteiger partial charge in [0.2, 0.25) is 0 Å². The normalized spacial score (nSPS) is 12.5. The molecule has 6 nitrogen and oxygen atoms in total. The van der Waals surface area contributed by atoms with E-state index in [2.05, 4.69) is 15.4 Å². The summed E-state index contributed by atoms with van der Waals surface area (Å²) in [6.07, 6.45) is 3.13. The van der Waals surface area contributed by atoms with Crippen LogP contribution >= 0.6 is 35.6 Å². The zero-order valence-electron chi connectivity index (χ0n) is 14.0. The molecule has 2 rings (SSSR count). The number of aliphatic imine (C=N–C) groups is 1. The Morgan fingerprint density at radius 1 is 1.50 bits per heavy atom. The molecule has 0 aliphatic carbocycles. The number of aliphatic hydroxyl groups excluding tert-OH is 1. The van der Waals surface area contributed by atoms with Gasteiger partial charge in [-0.05, 0) is 17.7 Å². The highest BCUT2D eigenvalue weighted by Crippen LogP contribution is 2.17. The minimum atomic E-state index is -0.655. The highest BCUT2D eigenvalue weighted by atomic mass is 127. The van der Waals surface area contributed by atoms with E-state index in [-0.39, 0.29) is 24.0 Å². The Bertz CT molecular complexity index is 676. The maximum absolute atomic E-state index is 10.3. The van der Waals surface area contributed by atoms with Gasteiger partial charge < -0.3 is 15.3 Å². The van der Waals surface area contributed by atoms with Crippen LogP contribution < -0.4 is 5.32 Å². The molecule has 2 aromatic rings. The monoisotopic (exact) mass is 463 g/mol. The van der Waals surface area contributed by atoms with Gasteiger partial charge in [-0.2, -0.15) is 5.10 Å². The zero-order chi connectivity index (χ0) is 16.8. The fourth-order valence-electron chi connectivity index (χ4n) is 2.31. The Balaban J connectivity index is 0.00000288. The summed E-state index contributed by atoms with van der Waals surface area (Å²) >= 11 is 5.95. The Morgan fingerprint density at radius 3 is 2.83 bits per heavy atom. The van der Waals surface area contributed by atoms with Gasteiger partial charge in [-0.3, -0.25) is 9.67 Å². The topological polar surface area (TPSA) is 65.7 Å². The molecule has 0 amide bonds. The lowest BCUT2D eigenvalue weighted by atomic mass is 10.1. The van der Waals surface area contributed by atoms with Crippen molar-refractivity contribution in [1.82, 2.24) is 20.0 Å². The van der Waals surface area contributed by atoms with E-state index in [4.69, 9.17) is 11.6 Å². The van der Waals surface area contributed by atoms with Gasteiger partial charge in [-0.25, -0.2) is 0 Å². The first-order chi connectivity index (χ1) is 11.0. The number of aryl methyl sites for hydroxylation is 1. The van der Waals surface area contributed by atoms with Crippen LogP contribution in [0.2, 0.25) is 5.02 Å². The van der Waals surface area contributed by atoms with E-state index in [1.165, 1.54) is 0 Å². The molecule has 1 aromatic carbocycles. The molecule has 0 aliphatic rings. The number of halogens is 2. The third-order valence-electron chi connectivity index (χ3n) is 3.44. The maximum atomic E-state index is 10.3. The number of benzene rings is 1. The number of rotatable bonds is 5. The van der Waals surface area contributed by atoms with Gasteiger partial charge in [0.05, 0.1) is 12.3 Å². The molecular formula is C16H23ClIN5O. The third kappa shape index (κ3) is 5.95. The van der Waals surface area contributed by atoms with Crippen LogP contribution in [-0.4, -0.2) is 46.4 Å². The van der Waals surface area contributed by atoms with Gasteiger partial charge in [0.1, 0.15) is 0 Å². The Hall–Kier alpha value is -1.32. The summed E-state index contributed by atoms with van der Waals surface area (Å²) in [7, 11) is 5.54. The van der Waals surface area contributed by atoms with Crippen LogP contribution in [0.5, 0.6) is 0 Å². The number of hydrogen-bond acceptors (Lipinski definition) is 3. The van der Waals surface area contributed by atoms with E-state index in [0.29, 0.717) is 24.1 Å². The van der Waals surface area contributed by atoms with Crippen molar-refractivity contribution in [2.45, 2.75) is 12.6 Å². The molecule has 1 aromatic heterocycles. The quantitative estimate of drug-likeness (QED) is 0.406. The second-order valence-corrected chi connectivity index (χ2v) is 5.81. The van der Waals surface area contributed by atoms with Gasteiger partial charge in [-0.15, -0.1) is 24.0 Å². The van der Waals surface area contributed by atoms with Gasteiger partial charge in [0, 0.05) is 51.0 Å². The van der Waals surface area contributed by atoms with Crippen molar-refractivity contribution < 1.29 is 5.11 Å². The number of nitrogens with zero attached hydrogens (tertiary/aromatic N) is 4. The lowest BCUT2D eigenvalue weighted by Crippen LogP contribution is -2.40. The highest BCUT2D eigenvalue weighted by Gasteiger charge is 2.12. The first kappa shape index (κ1) is 20.7. The molecule has 0 radical (unpaired) electrons. The van der Waals surface area contributed by atoms with Crippen molar-refractivity contribution in [1.29, 1.82) is 0 Å². The number of nitrogens with one attached hydrogen (secondary N) is 1. The van der Waals surface area contributed by atoms with Crippen LogP contribution in [0.1, 0.15) is 17.2 Å². The van der Waals surface area contributed by atoms with Crippen molar-refractivity contribution in [2.75, 3.05) is 20.6 Å². The summed E-state index contributed by atoms with van der Waals surface area (Å²) < 4.78 is 1.77. The average Bonchev–Trinajstić information content (AvgIpc) is 2.92. The minimum Gasteiger partial charge on any atom is -0.387 e. The van der Waals surface area contributed by atoms with Gasteiger partial charge in [0.15, 0.2) is 5.96 Å². The molecule has 1 atom stereocenters. The van der Waals surface area contributed by atoms with E-state index < -0.39 is 6.10 Å². The van der Waals surface area contributed by atoms with Crippen LogP contribution in [0.4, 0.5) is 0 Å². The first-order valence-corrected chi connectivity index (χ1v) is 7.70. The number of guanidine groups is 1. The van der Waals surface area contributed by atoms with Crippen molar-refractivity contribution in [3.8, 4) is 0 Å². The molecule has 0 saturated carbocycles. The van der Waals surface area contributed by atoms with Gasteiger partial charge in [0.25, 0.3) is 0 Å². The summed E-state index contributed by atoms with van der Waals surface area (Å²) in [5, 5.41) is 18.2. The molecule has 0 fully saturated rings. The van der Waals surface area contributed by atoms with Crippen LogP contribution in [0.15, 0.2) is 41.7 Å². The predicted octanol–water partition coefficient (Wildman–Crippen LogP) is 2.43. The Kier molecular flexibility index (Phi) is 8.51. The summed E-state index contributed by atoms with van der Waals surface area (Å²) in [4.78, 5) is 6.22. The van der Waals surface area contributed by atoms with Crippen molar-refractivity contribution in [2.24, 2.45) is 12.0 Å². The molecular weight excluding hydrogens is 441 g/mol. The second kappa shape index (κ2) is 9.85. The van der Waals surface area contributed by atoms with E-state index in [1.807, 2.05) is 43.5 Å². The van der Waals surface area contributed by atoms with Gasteiger partial charge >= 0.3 is 0 Å². The third-order valence-corrected chi connectivity index (χ3v) is 3.67. The van der Waals surface area contributed by atoms with Crippen LogP contribution in [0, 0.1) is 0 Å². The number of aliphatic hydroxyl groups is 1. The fraction of sp³-hybridized carbons (Fsp3) is 0.375. The van der Waals surface area contributed by atoms with Crippen molar-refractivity contribution in [3.63, 3.8) is 0 Å².